The molecular weight excluding hydrogens is 368 g/mol. The number of carbonyl (C=O) groups is 1. The number of hydrogen-bond acceptors (Lipinski definition) is 5. The third-order valence-electron chi connectivity index (χ3n) is 6.01. The summed E-state index contributed by atoms with van der Waals surface area (Å²) in [6.07, 6.45) is 6.71. The second kappa shape index (κ2) is 8.11. The van der Waals surface area contributed by atoms with Crippen molar-refractivity contribution in [3.05, 3.63) is 47.3 Å². The highest BCUT2D eigenvalue weighted by molar-refractivity contribution is 7.80. The zero-order chi connectivity index (χ0) is 19.7. The maximum absolute atomic E-state index is 12.9. The first-order valence-electron chi connectivity index (χ1n) is 10.1. The van der Waals surface area contributed by atoms with E-state index in [1.165, 1.54) is 11.1 Å². The van der Waals surface area contributed by atoms with Gasteiger partial charge in [0.2, 0.25) is 11.9 Å². The first-order chi connectivity index (χ1) is 13.5. The molecule has 5 nitrogen and oxygen atoms in total. The van der Waals surface area contributed by atoms with Crippen LogP contribution in [0.15, 0.2) is 35.5 Å². The Labute approximate surface area is 172 Å². The van der Waals surface area contributed by atoms with Crippen LogP contribution in [-0.4, -0.2) is 40.4 Å². The second-order valence-corrected chi connectivity index (χ2v) is 8.71. The van der Waals surface area contributed by atoms with E-state index in [9.17, 15) is 4.79 Å². The third-order valence-corrected chi connectivity index (χ3v) is 6.51. The summed E-state index contributed by atoms with van der Waals surface area (Å²) >= 11 is 4.45. The van der Waals surface area contributed by atoms with Crippen molar-refractivity contribution in [2.75, 3.05) is 25.0 Å². The van der Waals surface area contributed by atoms with Crippen LogP contribution in [0, 0.1) is 25.7 Å². The summed E-state index contributed by atoms with van der Waals surface area (Å²) < 4.78 is 0. The van der Waals surface area contributed by atoms with Gasteiger partial charge in [0, 0.05) is 42.8 Å². The normalized spacial score (nSPS) is 22.2. The topological polar surface area (TPSA) is 58.1 Å². The van der Waals surface area contributed by atoms with E-state index in [1.54, 1.807) is 0 Å². The minimum absolute atomic E-state index is 0.167. The molecule has 1 aliphatic carbocycles. The minimum Gasteiger partial charge on any atom is -0.354 e. The largest absolute Gasteiger partial charge is 0.354 e. The fourth-order valence-electron chi connectivity index (χ4n) is 4.06. The van der Waals surface area contributed by atoms with Crippen molar-refractivity contribution in [3.8, 4) is 0 Å². The highest BCUT2D eigenvalue weighted by Gasteiger charge is 2.46. The monoisotopic (exact) mass is 396 g/mol. The molecule has 1 aromatic carbocycles. The van der Waals surface area contributed by atoms with Crippen LogP contribution >= 0.6 is 12.6 Å². The molecule has 0 spiro atoms. The number of piperidine rings is 1. The molecule has 28 heavy (non-hydrogen) atoms. The Balaban J connectivity index is 1.24. The van der Waals surface area contributed by atoms with Crippen LogP contribution in [-0.2, 0) is 4.79 Å². The molecule has 1 saturated carbocycles. The Bertz CT molecular complexity index is 846. The van der Waals surface area contributed by atoms with E-state index in [1.807, 2.05) is 25.4 Å². The quantitative estimate of drug-likeness (QED) is 0.754. The molecule has 0 radical (unpaired) electrons. The summed E-state index contributed by atoms with van der Waals surface area (Å²) in [7, 11) is 0. The average molecular weight is 397 g/mol. The number of amides is 1. The summed E-state index contributed by atoms with van der Waals surface area (Å²) in [5.74, 6) is 2.15. The van der Waals surface area contributed by atoms with Crippen LogP contribution in [0.25, 0.3) is 0 Å². The van der Waals surface area contributed by atoms with Crippen molar-refractivity contribution in [2.45, 2.75) is 43.9 Å². The minimum atomic E-state index is 0.167. The number of benzene rings is 1. The lowest BCUT2D eigenvalue weighted by molar-refractivity contribution is -0.134. The smallest absolute Gasteiger partial charge is 0.226 e. The molecule has 1 N–H and O–H groups in total. The van der Waals surface area contributed by atoms with Gasteiger partial charge in [0.15, 0.2) is 0 Å². The van der Waals surface area contributed by atoms with Crippen molar-refractivity contribution in [2.24, 2.45) is 11.8 Å². The molecule has 2 aliphatic rings. The van der Waals surface area contributed by atoms with Gasteiger partial charge in [-0.05, 0) is 67.7 Å². The molecule has 0 bridgehead atoms. The van der Waals surface area contributed by atoms with Crippen LogP contribution in [0.4, 0.5) is 5.95 Å². The van der Waals surface area contributed by atoms with Crippen LogP contribution in [0.3, 0.4) is 0 Å². The number of nitrogens with one attached hydrogen (secondary N) is 1. The van der Waals surface area contributed by atoms with Gasteiger partial charge >= 0.3 is 0 Å². The van der Waals surface area contributed by atoms with Crippen molar-refractivity contribution in [1.82, 2.24) is 14.9 Å². The molecule has 2 aromatic rings. The molecular formula is C22H28N4OS. The molecule has 1 aromatic heterocycles. The maximum atomic E-state index is 12.9. The van der Waals surface area contributed by atoms with E-state index in [0.717, 1.165) is 49.4 Å². The molecule has 4 rings (SSSR count). The van der Waals surface area contributed by atoms with E-state index in [2.05, 4.69) is 51.9 Å². The molecule has 1 aliphatic heterocycles. The fraction of sp³-hybridized carbons (Fsp3) is 0.500. The van der Waals surface area contributed by atoms with Gasteiger partial charge < -0.3 is 10.2 Å². The molecule has 148 valence electrons. The second-order valence-electron chi connectivity index (χ2n) is 8.23. The van der Waals surface area contributed by atoms with E-state index in [-0.39, 0.29) is 5.92 Å². The van der Waals surface area contributed by atoms with E-state index >= 15 is 0 Å². The van der Waals surface area contributed by atoms with Crippen molar-refractivity contribution in [3.63, 3.8) is 0 Å². The summed E-state index contributed by atoms with van der Waals surface area (Å²) in [4.78, 5) is 24.6. The molecule has 2 atom stereocenters. The first-order valence-corrected chi connectivity index (χ1v) is 10.6. The van der Waals surface area contributed by atoms with Gasteiger partial charge in [0.25, 0.3) is 0 Å². The van der Waals surface area contributed by atoms with Crippen LogP contribution in [0.5, 0.6) is 0 Å². The lowest BCUT2D eigenvalue weighted by Gasteiger charge is -2.32. The Kier molecular flexibility index (Phi) is 5.58. The van der Waals surface area contributed by atoms with Gasteiger partial charge in [-0.15, -0.1) is 12.6 Å². The average Bonchev–Trinajstić information content (AvgIpc) is 3.50. The number of likely N-dealkylation sites (tertiary alicyclic amines) is 1. The summed E-state index contributed by atoms with van der Waals surface area (Å²) in [5, 5.41) is 3.33. The molecule has 2 unspecified atom stereocenters. The number of anilines is 1. The van der Waals surface area contributed by atoms with Crippen molar-refractivity contribution in [1.29, 1.82) is 0 Å². The Morgan fingerprint density at radius 1 is 1.21 bits per heavy atom. The predicted octanol–water partition coefficient (Wildman–Crippen LogP) is 3.84. The number of hydrogen-bond donors (Lipinski definition) is 2. The van der Waals surface area contributed by atoms with E-state index < -0.39 is 0 Å². The highest BCUT2D eigenvalue weighted by atomic mass is 32.1. The van der Waals surface area contributed by atoms with Crippen LogP contribution in [0.2, 0.25) is 0 Å². The number of aryl methyl sites for hydroxylation is 2. The standard InChI is InChI=1S/C22H28N4OS/c1-14-11-23-22(24-12-14)25-13-16-5-7-26(8-6-16)21(27)19-10-18(19)17-3-4-20(28)15(2)9-17/h3-4,9,11-12,16,18-19,28H,5-8,10,13H2,1-2H3,(H,23,24,25). The van der Waals surface area contributed by atoms with Crippen LogP contribution in [0.1, 0.15) is 41.9 Å². The first kappa shape index (κ1) is 19.2. The van der Waals surface area contributed by atoms with Crippen molar-refractivity contribution >= 4 is 24.5 Å². The molecule has 2 fully saturated rings. The van der Waals surface area contributed by atoms with Gasteiger partial charge in [0.1, 0.15) is 0 Å². The lowest BCUT2D eigenvalue weighted by Crippen LogP contribution is -2.40. The molecule has 1 amide bonds. The fourth-order valence-corrected chi connectivity index (χ4v) is 4.20. The molecule has 1 saturated heterocycles. The van der Waals surface area contributed by atoms with Gasteiger partial charge in [-0.1, -0.05) is 12.1 Å². The van der Waals surface area contributed by atoms with E-state index in [4.69, 9.17) is 0 Å². The predicted molar refractivity (Wildman–Crippen MR) is 114 cm³/mol. The van der Waals surface area contributed by atoms with Gasteiger partial charge in [-0.2, -0.15) is 0 Å². The van der Waals surface area contributed by atoms with Gasteiger partial charge in [-0.25, -0.2) is 9.97 Å². The number of carbonyl (C=O) groups excluding carboxylic acids is 1. The summed E-state index contributed by atoms with van der Waals surface area (Å²) in [6.45, 7) is 6.64. The zero-order valence-electron chi connectivity index (χ0n) is 16.6. The van der Waals surface area contributed by atoms with Crippen molar-refractivity contribution < 1.29 is 4.79 Å². The van der Waals surface area contributed by atoms with Crippen LogP contribution < -0.4 is 5.32 Å². The lowest BCUT2D eigenvalue weighted by atomic mass is 9.96. The Morgan fingerprint density at radius 2 is 1.93 bits per heavy atom. The maximum Gasteiger partial charge on any atom is 0.226 e. The van der Waals surface area contributed by atoms with Gasteiger partial charge in [-0.3, -0.25) is 4.79 Å². The Morgan fingerprint density at radius 3 is 2.61 bits per heavy atom. The number of aromatic nitrogens is 2. The van der Waals surface area contributed by atoms with Gasteiger partial charge in [0.05, 0.1) is 0 Å². The highest BCUT2D eigenvalue weighted by Crippen LogP contribution is 2.49. The number of rotatable bonds is 5. The Hall–Kier alpha value is -2.08. The number of thiol groups is 1. The summed E-state index contributed by atoms with van der Waals surface area (Å²) in [6, 6.07) is 6.35. The number of nitrogens with zero attached hydrogens (tertiary/aromatic N) is 3. The summed E-state index contributed by atoms with van der Waals surface area (Å²) in [5.41, 5.74) is 3.53. The van der Waals surface area contributed by atoms with E-state index in [0.29, 0.717) is 23.7 Å². The molecule has 6 heteroatoms. The third kappa shape index (κ3) is 4.32. The SMILES string of the molecule is Cc1cnc(NCC2CCN(C(=O)C3CC3c3ccc(S)c(C)c3)CC2)nc1. The molecule has 2 heterocycles. The zero-order valence-corrected chi connectivity index (χ0v) is 17.5.